The first-order valence-corrected chi connectivity index (χ1v) is 6.33. The van der Waals surface area contributed by atoms with Gasteiger partial charge >= 0.3 is 11.9 Å². The predicted octanol–water partition coefficient (Wildman–Crippen LogP) is 2.76. The topological polar surface area (TPSA) is 86.6 Å². The molecule has 0 fully saturated rings. The van der Waals surface area contributed by atoms with Crippen molar-refractivity contribution in [1.82, 2.24) is 0 Å². The van der Waals surface area contributed by atoms with Crippen LogP contribution in [0.4, 0.5) is 5.69 Å². The lowest BCUT2D eigenvalue weighted by Gasteiger charge is -2.07. The largest absolute Gasteiger partial charge is 0.478 e. The summed E-state index contributed by atoms with van der Waals surface area (Å²) in [4.78, 5) is 22.6. The molecule has 0 aliphatic carbocycles. The molecule has 0 aliphatic heterocycles. The fourth-order valence-corrected chi connectivity index (χ4v) is 2.39. The average molecular weight is 277 g/mol. The van der Waals surface area contributed by atoms with Crippen LogP contribution in [0, 0.1) is 0 Å². The number of thiophene rings is 1. The highest BCUT2D eigenvalue weighted by atomic mass is 32.1. The van der Waals surface area contributed by atoms with E-state index in [-0.39, 0.29) is 11.1 Å². The molecule has 2 aromatic rings. The zero-order valence-electron chi connectivity index (χ0n) is 9.79. The number of nitrogens with one attached hydrogen (secondary N) is 1. The van der Waals surface area contributed by atoms with Gasteiger partial charge < -0.3 is 15.5 Å². The van der Waals surface area contributed by atoms with Gasteiger partial charge in [0.2, 0.25) is 0 Å². The fraction of sp³-hybridized carbons (Fsp3) is 0.0769. The Labute approximate surface area is 113 Å². The molecule has 0 saturated heterocycles. The summed E-state index contributed by atoms with van der Waals surface area (Å²) in [6.07, 6.45) is 0. The summed E-state index contributed by atoms with van der Waals surface area (Å²) in [6.45, 7) is 0.391. The molecule has 0 saturated carbocycles. The van der Waals surface area contributed by atoms with Crippen molar-refractivity contribution in [2.24, 2.45) is 0 Å². The van der Waals surface area contributed by atoms with Crippen molar-refractivity contribution in [3.8, 4) is 0 Å². The summed E-state index contributed by atoms with van der Waals surface area (Å²) < 4.78 is 0. The second-order valence-corrected chi connectivity index (χ2v) is 4.81. The normalized spacial score (nSPS) is 10.1. The summed E-state index contributed by atoms with van der Waals surface area (Å²) in [5, 5.41) is 22.4. The van der Waals surface area contributed by atoms with Gasteiger partial charge in [-0.1, -0.05) is 12.1 Å². The summed E-state index contributed by atoms with van der Waals surface area (Å²) in [7, 11) is 0. The van der Waals surface area contributed by atoms with E-state index in [0.717, 1.165) is 4.88 Å². The van der Waals surface area contributed by atoms with E-state index in [2.05, 4.69) is 5.32 Å². The van der Waals surface area contributed by atoms with E-state index in [1.54, 1.807) is 29.6 Å². The first kappa shape index (κ1) is 13.1. The van der Waals surface area contributed by atoms with E-state index in [1.807, 2.05) is 0 Å². The minimum atomic E-state index is -1.000. The van der Waals surface area contributed by atoms with Crippen LogP contribution in [0.1, 0.15) is 25.6 Å². The van der Waals surface area contributed by atoms with Crippen LogP contribution in [0.15, 0.2) is 35.7 Å². The van der Waals surface area contributed by atoms with Crippen LogP contribution in [-0.4, -0.2) is 22.2 Å². The van der Waals surface area contributed by atoms with Gasteiger partial charge in [-0.3, -0.25) is 0 Å². The molecule has 1 aromatic carbocycles. The molecule has 0 unspecified atom stereocenters. The Bertz CT molecular complexity index is 621. The highest BCUT2D eigenvalue weighted by Gasteiger charge is 2.10. The second kappa shape index (κ2) is 5.53. The third-order valence-electron chi connectivity index (χ3n) is 2.51. The zero-order valence-corrected chi connectivity index (χ0v) is 10.6. The van der Waals surface area contributed by atoms with Crippen LogP contribution in [0.3, 0.4) is 0 Å². The van der Waals surface area contributed by atoms with E-state index in [0.29, 0.717) is 12.2 Å². The van der Waals surface area contributed by atoms with Crippen molar-refractivity contribution in [3.63, 3.8) is 0 Å². The zero-order chi connectivity index (χ0) is 13.8. The van der Waals surface area contributed by atoms with Crippen molar-refractivity contribution >= 4 is 29.0 Å². The van der Waals surface area contributed by atoms with Crippen LogP contribution in [0.2, 0.25) is 0 Å². The highest BCUT2D eigenvalue weighted by Crippen LogP contribution is 2.19. The lowest BCUT2D eigenvalue weighted by molar-refractivity contribution is 0.0687. The Morgan fingerprint density at radius 3 is 2.53 bits per heavy atom. The molecular weight excluding hydrogens is 266 g/mol. The number of hydrogen-bond donors (Lipinski definition) is 3. The lowest BCUT2D eigenvalue weighted by atomic mass is 10.2. The van der Waals surface area contributed by atoms with Gasteiger partial charge in [-0.25, -0.2) is 9.59 Å². The third-order valence-corrected chi connectivity index (χ3v) is 3.45. The molecule has 3 N–H and O–H groups in total. The van der Waals surface area contributed by atoms with Crippen molar-refractivity contribution in [3.05, 3.63) is 51.7 Å². The van der Waals surface area contributed by atoms with Crippen LogP contribution in [0.5, 0.6) is 0 Å². The SMILES string of the molecule is O=C(O)c1csc(CNc2ccccc2C(=O)O)c1. The van der Waals surface area contributed by atoms with Gasteiger partial charge in [0.1, 0.15) is 0 Å². The van der Waals surface area contributed by atoms with Crippen molar-refractivity contribution in [2.45, 2.75) is 6.54 Å². The molecule has 6 heteroatoms. The number of carbonyl (C=O) groups is 2. The van der Waals surface area contributed by atoms with Gasteiger partial charge in [-0.2, -0.15) is 0 Å². The van der Waals surface area contributed by atoms with Gasteiger partial charge in [-0.15, -0.1) is 11.3 Å². The third kappa shape index (κ3) is 3.11. The number of para-hydroxylation sites is 1. The number of benzene rings is 1. The average Bonchev–Trinajstić information content (AvgIpc) is 2.85. The molecule has 0 amide bonds. The molecule has 0 bridgehead atoms. The number of carboxylic acid groups (broad SMARTS) is 2. The minimum absolute atomic E-state index is 0.192. The summed E-state index contributed by atoms with van der Waals surface area (Å²) in [5.74, 6) is -1.96. The van der Waals surface area contributed by atoms with E-state index >= 15 is 0 Å². The highest BCUT2D eigenvalue weighted by molar-refractivity contribution is 7.10. The quantitative estimate of drug-likeness (QED) is 0.782. The molecule has 0 atom stereocenters. The molecule has 2 rings (SSSR count). The number of anilines is 1. The van der Waals surface area contributed by atoms with Gasteiger partial charge in [0, 0.05) is 22.5 Å². The maximum atomic E-state index is 11.0. The maximum Gasteiger partial charge on any atom is 0.337 e. The molecule has 98 valence electrons. The van der Waals surface area contributed by atoms with Crippen LogP contribution in [0.25, 0.3) is 0 Å². The number of carboxylic acids is 2. The Morgan fingerprint density at radius 1 is 1.16 bits per heavy atom. The number of rotatable bonds is 5. The lowest BCUT2D eigenvalue weighted by Crippen LogP contribution is -2.05. The van der Waals surface area contributed by atoms with Crippen molar-refractivity contribution < 1.29 is 19.8 Å². The first-order chi connectivity index (χ1) is 9.08. The summed E-state index contributed by atoms with van der Waals surface area (Å²) in [6, 6.07) is 8.16. The smallest absolute Gasteiger partial charge is 0.337 e. The molecule has 0 radical (unpaired) electrons. The van der Waals surface area contributed by atoms with E-state index in [4.69, 9.17) is 10.2 Å². The summed E-state index contributed by atoms with van der Waals surface area (Å²) >= 11 is 1.32. The Hall–Kier alpha value is -2.34. The van der Waals surface area contributed by atoms with Crippen LogP contribution >= 0.6 is 11.3 Å². The molecule has 5 nitrogen and oxygen atoms in total. The first-order valence-electron chi connectivity index (χ1n) is 5.45. The predicted molar refractivity (Wildman–Crippen MR) is 72.0 cm³/mol. The Balaban J connectivity index is 2.10. The standard InChI is InChI=1S/C13H11NO4S/c15-12(16)8-5-9(19-7-8)6-14-11-4-2-1-3-10(11)13(17)18/h1-5,7,14H,6H2,(H,15,16)(H,17,18). The molecule has 0 spiro atoms. The van der Waals surface area contributed by atoms with Crippen molar-refractivity contribution in [1.29, 1.82) is 0 Å². The van der Waals surface area contributed by atoms with E-state index in [1.165, 1.54) is 17.4 Å². The van der Waals surface area contributed by atoms with Gasteiger partial charge in [0.15, 0.2) is 0 Å². The van der Waals surface area contributed by atoms with Crippen molar-refractivity contribution in [2.75, 3.05) is 5.32 Å². The fourth-order valence-electron chi connectivity index (χ4n) is 1.59. The monoisotopic (exact) mass is 277 g/mol. The van der Waals surface area contributed by atoms with Gasteiger partial charge in [-0.05, 0) is 18.2 Å². The van der Waals surface area contributed by atoms with E-state index in [9.17, 15) is 9.59 Å². The van der Waals surface area contributed by atoms with Gasteiger partial charge in [0.05, 0.1) is 11.1 Å². The molecule has 0 aliphatic rings. The molecule has 1 aromatic heterocycles. The maximum absolute atomic E-state index is 11.0. The second-order valence-electron chi connectivity index (χ2n) is 3.81. The Kier molecular flexibility index (Phi) is 3.82. The number of aromatic carboxylic acids is 2. The minimum Gasteiger partial charge on any atom is -0.478 e. The molecule has 19 heavy (non-hydrogen) atoms. The van der Waals surface area contributed by atoms with Crippen LogP contribution in [-0.2, 0) is 6.54 Å². The van der Waals surface area contributed by atoms with Crippen LogP contribution < -0.4 is 5.32 Å². The number of hydrogen-bond acceptors (Lipinski definition) is 4. The van der Waals surface area contributed by atoms with E-state index < -0.39 is 11.9 Å². The Morgan fingerprint density at radius 2 is 1.89 bits per heavy atom. The molecule has 1 heterocycles. The van der Waals surface area contributed by atoms with Gasteiger partial charge in [0.25, 0.3) is 0 Å². The summed E-state index contributed by atoms with van der Waals surface area (Å²) in [5.41, 5.74) is 0.950. The molecular formula is C13H11NO4S.